The van der Waals surface area contributed by atoms with Crippen molar-refractivity contribution in [3.8, 4) is 11.5 Å². The van der Waals surface area contributed by atoms with Gasteiger partial charge in [0.05, 0.1) is 19.8 Å². The molecule has 2 aromatic rings. The van der Waals surface area contributed by atoms with E-state index in [9.17, 15) is 4.79 Å². The third-order valence-corrected chi connectivity index (χ3v) is 3.23. The van der Waals surface area contributed by atoms with Crippen LogP contribution in [-0.4, -0.2) is 20.0 Å². The lowest BCUT2D eigenvalue weighted by atomic mass is 10.0. The molecule has 0 saturated carbocycles. The number of hydrogen-bond donors (Lipinski definition) is 0. The number of ether oxygens (including phenoxy) is 2. The second-order valence-electron chi connectivity index (χ2n) is 3.91. The minimum Gasteiger partial charge on any atom is -0.497 e. The maximum atomic E-state index is 12.4. The van der Waals surface area contributed by atoms with Crippen LogP contribution >= 0.6 is 15.9 Å². The second-order valence-corrected chi connectivity index (χ2v) is 4.82. The van der Waals surface area contributed by atoms with Crippen LogP contribution in [0, 0.1) is 0 Å². The van der Waals surface area contributed by atoms with Crippen LogP contribution in [0.5, 0.6) is 11.5 Å². The van der Waals surface area contributed by atoms with Crippen molar-refractivity contribution in [2.75, 3.05) is 14.2 Å². The van der Waals surface area contributed by atoms with E-state index >= 15 is 0 Å². The smallest absolute Gasteiger partial charge is 0.196 e. The molecule has 0 heterocycles. The number of halogens is 1. The first kappa shape index (κ1) is 13.6. The monoisotopic (exact) mass is 320 g/mol. The molecule has 2 aromatic carbocycles. The van der Waals surface area contributed by atoms with Crippen LogP contribution < -0.4 is 9.47 Å². The summed E-state index contributed by atoms with van der Waals surface area (Å²) >= 11 is 3.36. The summed E-state index contributed by atoms with van der Waals surface area (Å²) in [4.78, 5) is 12.4. The maximum absolute atomic E-state index is 12.4. The van der Waals surface area contributed by atoms with Gasteiger partial charge >= 0.3 is 0 Å². The van der Waals surface area contributed by atoms with E-state index in [2.05, 4.69) is 15.9 Å². The van der Waals surface area contributed by atoms with Crippen molar-refractivity contribution in [3.63, 3.8) is 0 Å². The predicted molar refractivity (Wildman–Crippen MR) is 77.1 cm³/mol. The van der Waals surface area contributed by atoms with Crippen molar-refractivity contribution >= 4 is 21.7 Å². The van der Waals surface area contributed by atoms with E-state index in [0.29, 0.717) is 22.6 Å². The van der Waals surface area contributed by atoms with Crippen LogP contribution in [0.2, 0.25) is 0 Å². The van der Waals surface area contributed by atoms with Crippen molar-refractivity contribution < 1.29 is 14.3 Å². The quantitative estimate of drug-likeness (QED) is 0.806. The third kappa shape index (κ3) is 2.96. The summed E-state index contributed by atoms with van der Waals surface area (Å²) in [6.45, 7) is 0. The van der Waals surface area contributed by atoms with Gasteiger partial charge in [0.15, 0.2) is 5.78 Å². The van der Waals surface area contributed by atoms with Gasteiger partial charge in [0.2, 0.25) is 0 Å². The molecule has 0 bridgehead atoms. The largest absolute Gasteiger partial charge is 0.497 e. The molecular weight excluding hydrogens is 308 g/mol. The number of hydrogen-bond acceptors (Lipinski definition) is 3. The zero-order valence-corrected chi connectivity index (χ0v) is 12.2. The highest BCUT2D eigenvalue weighted by atomic mass is 79.9. The van der Waals surface area contributed by atoms with Gasteiger partial charge in [-0.15, -0.1) is 0 Å². The molecule has 2 rings (SSSR count). The molecule has 0 aliphatic rings. The fourth-order valence-electron chi connectivity index (χ4n) is 1.77. The molecule has 0 amide bonds. The molecule has 0 fully saturated rings. The summed E-state index contributed by atoms with van der Waals surface area (Å²) in [5.74, 6) is 1.08. The number of methoxy groups -OCH3 is 2. The Kier molecular flexibility index (Phi) is 4.22. The number of carbonyl (C=O) groups is 1. The number of carbonyl (C=O) groups excluding carboxylic acids is 1. The lowest BCUT2D eigenvalue weighted by molar-refractivity contribution is 0.103. The highest BCUT2D eigenvalue weighted by molar-refractivity contribution is 9.10. The van der Waals surface area contributed by atoms with E-state index in [-0.39, 0.29) is 5.78 Å². The van der Waals surface area contributed by atoms with Gasteiger partial charge in [-0.1, -0.05) is 28.1 Å². The minimum absolute atomic E-state index is 0.0826. The molecule has 19 heavy (non-hydrogen) atoms. The SMILES string of the molecule is COc1ccc(C(=O)c2cccc(Br)c2)c(OC)c1. The first-order valence-corrected chi connectivity index (χ1v) is 6.47. The number of benzene rings is 2. The van der Waals surface area contributed by atoms with Crippen LogP contribution in [0.3, 0.4) is 0 Å². The summed E-state index contributed by atoms with van der Waals surface area (Å²) in [5, 5.41) is 0. The molecule has 0 aliphatic carbocycles. The fourth-order valence-corrected chi connectivity index (χ4v) is 2.17. The van der Waals surface area contributed by atoms with Crippen molar-refractivity contribution in [1.82, 2.24) is 0 Å². The van der Waals surface area contributed by atoms with E-state index in [1.807, 2.05) is 12.1 Å². The predicted octanol–water partition coefficient (Wildman–Crippen LogP) is 3.70. The molecule has 0 radical (unpaired) electrons. The van der Waals surface area contributed by atoms with Crippen molar-refractivity contribution in [2.24, 2.45) is 0 Å². The molecule has 0 atom stereocenters. The second kappa shape index (κ2) is 5.89. The van der Waals surface area contributed by atoms with Gasteiger partial charge in [0, 0.05) is 16.1 Å². The zero-order valence-electron chi connectivity index (χ0n) is 10.6. The number of rotatable bonds is 4. The van der Waals surface area contributed by atoms with E-state index in [1.165, 1.54) is 7.11 Å². The Hall–Kier alpha value is -1.81. The molecule has 0 aliphatic heterocycles. The first-order valence-electron chi connectivity index (χ1n) is 5.68. The molecule has 0 saturated heterocycles. The van der Waals surface area contributed by atoms with Crippen LogP contribution in [0.1, 0.15) is 15.9 Å². The normalized spacial score (nSPS) is 10.1. The maximum Gasteiger partial charge on any atom is 0.196 e. The molecule has 0 unspecified atom stereocenters. The van der Waals surface area contributed by atoms with Crippen LogP contribution in [0.25, 0.3) is 0 Å². The Morgan fingerprint density at radius 2 is 1.84 bits per heavy atom. The highest BCUT2D eigenvalue weighted by Crippen LogP contribution is 2.27. The van der Waals surface area contributed by atoms with E-state index in [1.54, 1.807) is 37.4 Å². The van der Waals surface area contributed by atoms with E-state index < -0.39 is 0 Å². The highest BCUT2D eigenvalue weighted by Gasteiger charge is 2.15. The Balaban J connectivity index is 2.44. The van der Waals surface area contributed by atoms with Gasteiger partial charge in [0.1, 0.15) is 11.5 Å². The molecule has 0 aromatic heterocycles. The average molecular weight is 321 g/mol. The van der Waals surface area contributed by atoms with Crippen LogP contribution in [0.4, 0.5) is 0 Å². The molecule has 0 spiro atoms. The molecule has 0 N–H and O–H groups in total. The summed E-state index contributed by atoms with van der Waals surface area (Å²) in [5.41, 5.74) is 1.12. The Labute approximate surface area is 120 Å². The fraction of sp³-hybridized carbons (Fsp3) is 0.133. The van der Waals surface area contributed by atoms with Crippen LogP contribution in [-0.2, 0) is 0 Å². The Bertz CT molecular complexity index is 608. The molecule has 4 heteroatoms. The standard InChI is InChI=1S/C15H13BrO3/c1-18-12-6-7-13(14(9-12)19-2)15(17)10-4-3-5-11(16)8-10/h3-9H,1-2H3. The van der Waals surface area contributed by atoms with Crippen molar-refractivity contribution in [3.05, 3.63) is 58.1 Å². The van der Waals surface area contributed by atoms with Crippen molar-refractivity contribution in [2.45, 2.75) is 0 Å². The average Bonchev–Trinajstić information content (AvgIpc) is 2.45. The lowest BCUT2D eigenvalue weighted by Crippen LogP contribution is -2.04. The van der Waals surface area contributed by atoms with Gasteiger partial charge in [0.25, 0.3) is 0 Å². The Morgan fingerprint density at radius 3 is 2.47 bits per heavy atom. The van der Waals surface area contributed by atoms with E-state index in [0.717, 1.165) is 4.47 Å². The van der Waals surface area contributed by atoms with Crippen LogP contribution in [0.15, 0.2) is 46.9 Å². The summed E-state index contributed by atoms with van der Waals surface area (Å²) in [7, 11) is 3.11. The summed E-state index contributed by atoms with van der Waals surface area (Å²) in [6, 6.07) is 12.4. The zero-order chi connectivity index (χ0) is 13.8. The molecule has 3 nitrogen and oxygen atoms in total. The van der Waals surface area contributed by atoms with Crippen molar-refractivity contribution in [1.29, 1.82) is 0 Å². The molecule has 98 valence electrons. The Morgan fingerprint density at radius 1 is 1.05 bits per heavy atom. The third-order valence-electron chi connectivity index (χ3n) is 2.74. The summed E-state index contributed by atoms with van der Waals surface area (Å²) < 4.78 is 11.2. The first-order chi connectivity index (χ1) is 9.15. The lowest BCUT2D eigenvalue weighted by Gasteiger charge is -2.09. The van der Waals surface area contributed by atoms with Gasteiger partial charge < -0.3 is 9.47 Å². The molecular formula is C15H13BrO3. The number of ketones is 1. The summed E-state index contributed by atoms with van der Waals surface area (Å²) in [6.07, 6.45) is 0. The topological polar surface area (TPSA) is 35.5 Å². The minimum atomic E-state index is -0.0826. The van der Waals surface area contributed by atoms with Gasteiger partial charge in [-0.25, -0.2) is 0 Å². The van der Waals surface area contributed by atoms with E-state index in [4.69, 9.17) is 9.47 Å². The van der Waals surface area contributed by atoms with Gasteiger partial charge in [-0.3, -0.25) is 4.79 Å². The van der Waals surface area contributed by atoms with Gasteiger partial charge in [-0.2, -0.15) is 0 Å². The van der Waals surface area contributed by atoms with Gasteiger partial charge in [-0.05, 0) is 24.3 Å².